The molecule has 0 saturated carbocycles. The molecule has 0 radical (unpaired) electrons. The number of anilines is 1. The van der Waals surface area contributed by atoms with E-state index in [9.17, 15) is 4.79 Å². The highest BCUT2D eigenvalue weighted by Crippen LogP contribution is 2.33. The summed E-state index contributed by atoms with van der Waals surface area (Å²) in [6.45, 7) is 2.40. The van der Waals surface area contributed by atoms with Crippen LogP contribution in [-0.2, 0) is 4.79 Å². The first-order valence-corrected chi connectivity index (χ1v) is 4.99. The number of fused-ring (bicyclic) bond motifs is 1. The molecule has 1 aliphatic heterocycles. The third kappa shape index (κ3) is 1.80. The third-order valence-electron chi connectivity index (χ3n) is 2.45. The number of aryl methyl sites for hydroxylation is 1. The van der Waals surface area contributed by atoms with Crippen LogP contribution in [0.1, 0.15) is 12.0 Å². The smallest absolute Gasteiger partial charge is 0.265 e. The van der Waals surface area contributed by atoms with Crippen molar-refractivity contribution in [3.8, 4) is 5.75 Å². The summed E-state index contributed by atoms with van der Waals surface area (Å²) in [5.74, 6) is 0.647. The van der Waals surface area contributed by atoms with Crippen molar-refractivity contribution in [1.29, 1.82) is 0 Å². The zero-order valence-electron chi connectivity index (χ0n) is 8.62. The van der Waals surface area contributed by atoms with E-state index in [0.717, 1.165) is 17.0 Å². The average molecular weight is 206 g/mol. The van der Waals surface area contributed by atoms with Gasteiger partial charge in [-0.3, -0.25) is 4.79 Å². The van der Waals surface area contributed by atoms with E-state index in [0.29, 0.717) is 13.0 Å². The molecule has 0 spiro atoms. The van der Waals surface area contributed by atoms with Crippen LogP contribution in [0.15, 0.2) is 18.2 Å². The predicted molar refractivity (Wildman–Crippen MR) is 57.9 cm³/mol. The van der Waals surface area contributed by atoms with E-state index in [1.54, 1.807) is 0 Å². The monoisotopic (exact) mass is 206 g/mol. The Morgan fingerprint density at radius 1 is 1.53 bits per heavy atom. The first-order valence-electron chi connectivity index (χ1n) is 4.99. The van der Waals surface area contributed by atoms with Gasteiger partial charge in [0, 0.05) is 6.42 Å². The van der Waals surface area contributed by atoms with Gasteiger partial charge in [-0.05, 0) is 25.1 Å². The average Bonchev–Trinajstić information content (AvgIpc) is 2.21. The molecular formula is C11H14N2O2. The van der Waals surface area contributed by atoms with Crippen molar-refractivity contribution >= 4 is 11.6 Å². The van der Waals surface area contributed by atoms with E-state index in [2.05, 4.69) is 5.32 Å². The zero-order chi connectivity index (χ0) is 10.8. The van der Waals surface area contributed by atoms with Crippen molar-refractivity contribution < 1.29 is 9.53 Å². The fourth-order valence-electron chi connectivity index (χ4n) is 1.66. The van der Waals surface area contributed by atoms with Crippen LogP contribution in [0.25, 0.3) is 0 Å². The quantitative estimate of drug-likeness (QED) is 0.760. The number of rotatable bonds is 2. The summed E-state index contributed by atoms with van der Waals surface area (Å²) in [7, 11) is 0. The van der Waals surface area contributed by atoms with Gasteiger partial charge in [0.25, 0.3) is 5.91 Å². The van der Waals surface area contributed by atoms with Crippen molar-refractivity contribution in [3.63, 3.8) is 0 Å². The lowest BCUT2D eigenvalue weighted by molar-refractivity contribution is -0.123. The van der Waals surface area contributed by atoms with Crippen molar-refractivity contribution in [2.24, 2.45) is 5.73 Å². The maximum Gasteiger partial charge on any atom is 0.265 e. The van der Waals surface area contributed by atoms with Crippen molar-refractivity contribution in [3.05, 3.63) is 23.8 Å². The summed E-state index contributed by atoms with van der Waals surface area (Å²) in [4.78, 5) is 11.6. The minimum atomic E-state index is -0.455. The largest absolute Gasteiger partial charge is 0.478 e. The fraction of sp³-hybridized carbons (Fsp3) is 0.364. The zero-order valence-corrected chi connectivity index (χ0v) is 8.62. The predicted octanol–water partition coefficient (Wildman–Crippen LogP) is 1.04. The summed E-state index contributed by atoms with van der Waals surface area (Å²) in [5, 5.41) is 2.82. The molecule has 1 aromatic rings. The van der Waals surface area contributed by atoms with Gasteiger partial charge < -0.3 is 15.8 Å². The van der Waals surface area contributed by atoms with Gasteiger partial charge in [0.05, 0.1) is 5.69 Å². The van der Waals surface area contributed by atoms with Gasteiger partial charge in [-0.1, -0.05) is 12.1 Å². The van der Waals surface area contributed by atoms with Gasteiger partial charge in [0.2, 0.25) is 0 Å². The van der Waals surface area contributed by atoms with Crippen molar-refractivity contribution in [2.45, 2.75) is 19.4 Å². The normalized spacial score (nSPS) is 19.1. The van der Waals surface area contributed by atoms with E-state index in [-0.39, 0.29) is 5.91 Å². The number of para-hydroxylation sites is 1. The second-order valence-electron chi connectivity index (χ2n) is 3.62. The Kier molecular flexibility index (Phi) is 2.60. The fourth-order valence-corrected chi connectivity index (χ4v) is 1.66. The molecule has 1 atom stereocenters. The first kappa shape index (κ1) is 9.98. The molecule has 80 valence electrons. The maximum atomic E-state index is 11.6. The SMILES string of the molecule is Cc1cccc2c1OC(CCN)C(=O)N2. The Hall–Kier alpha value is -1.55. The number of carbonyl (C=O) groups is 1. The Balaban J connectivity index is 2.30. The minimum absolute atomic E-state index is 0.112. The molecule has 4 nitrogen and oxygen atoms in total. The number of nitrogens with one attached hydrogen (secondary N) is 1. The Labute approximate surface area is 88.4 Å². The van der Waals surface area contributed by atoms with Gasteiger partial charge in [-0.25, -0.2) is 0 Å². The molecule has 0 fully saturated rings. The van der Waals surface area contributed by atoms with Gasteiger partial charge in [0.1, 0.15) is 5.75 Å². The Morgan fingerprint density at radius 3 is 3.07 bits per heavy atom. The molecule has 0 aromatic heterocycles. The number of carbonyl (C=O) groups excluding carboxylic acids is 1. The summed E-state index contributed by atoms with van der Waals surface area (Å²) < 4.78 is 5.62. The van der Waals surface area contributed by atoms with E-state index in [4.69, 9.17) is 10.5 Å². The molecular weight excluding hydrogens is 192 g/mol. The molecule has 3 N–H and O–H groups in total. The Bertz CT molecular complexity index is 390. The summed E-state index contributed by atoms with van der Waals surface area (Å²) in [6, 6.07) is 5.68. The number of amides is 1. The highest BCUT2D eigenvalue weighted by atomic mass is 16.5. The van der Waals surface area contributed by atoms with E-state index >= 15 is 0 Å². The summed E-state index contributed by atoms with van der Waals surface area (Å²) in [5.41, 5.74) is 7.19. The van der Waals surface area contributed by atoms with Crippen LogP contribution in [0.3, 0.4) is 0 Å². The molecule has 1 aromatic carbocycles. The van der Waals surface area contributed by atoms with E-state index in [1.807, 2.05) is 25.1 Å². The number of ether oxygens (including phenoxy) is 1. The molecule has 4 heteroatoms. The lowest BCUT2D eigenvalue weighted by Crippen LogP contribution is -2.38. The van der Waals surface area contributed by atoms with Gasteiger partial charge >= 0.3 is 0 Å². The van der Waals surface area contributed by atoms with E-state index in [1.165, 1.54) is 0 Å². The van der Waals surface area contributed by atoms with Crippen LogP contribution in [-0.4, -0.2) is 18.6 Å². The van der Waals surface area contributed by atoms with E-state index < -0.39 is 6.10 Å². The van der Waals surface area contributed by atoms with Gasteiger partial charge in [-0.15, -0.1) is 0 Å². The summed E-state index contributed by atoms with van der Waals surface area (Å²) in [6.07, 6.45) is 0.0863. The highest BCUT2D eigenvalue weighted by Gasteiger charge is 2.27. The molecule has 1 unspecified atom stereocenters. The lowest BCUT2D eigenvalue weighted by Gasteiger charge is -2.26. The Morgan fingerprint density at radius 2 is 2.33 bits per heavy atom. The van der Waals surface area contributed by atoms with Crippen molar-refractivity contribution in [1.82, 2.24) is 0 Å². The number of nitrogens with two attached hydrogens (primary N) is 1. The topological polar surface area (TPSA) is 64.3 Å². The van der Waals surface area contributed by atoms with Crippen LogP contribution < -0.4 is 15.8 Å². The number of hydrogen-bond donors (Lipinski definition) is 2. The first-order chi connectivity index (χ1) is 7.22. The molecule has 0 bridgehead atoms. The van der Waals surface area contributed by atoms with Gasteiger partial charge in [0.15, 0.2) is 6.10 Å². The molecule has 0 saturated heterocycles. The number of benzene rings is 1. The van der Waals surface area contributed by atoms with Crippen LogP contribution in [0.2, 0.25) is 0 Å². The van der Waals surface area contributed by atoms with Gasteiger partial charge in [-0.2, -0.15) is 0 Å². The molecule has 0 aliphatic carbocycles. The molecule has 1 amide bonds. The second kappa shape index (κ2) is 3.90. The summed E-state index contributed by atoms with van der Waals surface area (Å²) >= 11 is 0. The van der Waals surface area contributed by atoms with Crippen LogP contribution in [0.5, 0.6) is 5.75 Å². The van der Waals surface area contributed by atoms with Crippen LogP contribution in [0.4, 0.5) is 5.69 Å². The van der Waals surface area contributed by atoms with Crippen molar-refractivity contribution in [2.75, 3.05) is 11.9 Å². The minimum Gasteiger partial charge on any atom is -0.478 e. The van der Waals surface area contributed by atoms with Crippen LogP contribution >= 0.6 is 0 Å². The molecule has 1 aliphatic rings. The maximum absolute atomic E-state index is 11.6. The lowest BCUT2D eigenvalue weighted by atomic mass is 10.1. The molecule has 15 heavy (non-hydrogen) atoms. The third-order valence-corrected chi connectivity index (χ3v) is 2.45. The molecule has 2 rings (SSSR count). The second-order valence-corrected chi connectivity index (χ2v) is 3.62. The highest BCUT2D eigenvalue weighted by molar-refractivity contribution is 5.98. The standard InChI is InChI=1S/C11H14N2O2/c1-7-3-2-4-8-10(7)15-9(5-6-12)11(14)13-8/h2-4,9H,5-6,12H2,1H3,(H,13,14). The number of hydrogen-bond acceptors (Lipinski definition) is 3. The molecule has 1 heterocycles. The van der Waals surface area contributed by atoms with Crippen LogP contribution in [0, 0.1) is 6.92 Å².